The molecule has 0 spiro atoms. The van der Waals surface area contributed by atoms with Crippen LogP contribution >= 0.6 is 0 Å². The molecule has 0 aliphatic heterocycles. The summed E-state index contributed by atoms with van der Waals surface area (Å²) >= 11 is 0. The number of para-hydroxylation sites is 6. The largest absolute Gasteiger partial charge is 0.507 e. The predicted octanol–water partition coefficient (Wildman–Crippen LogP) is 6.45. The highest BCUT2D eigenvalue weighted by atomic mass is 16.5. The number of aliphatic imine (C=N–C) groups is 2. The number of nitrogens with zero attached hydrogens (tertiary/aromatic N) is 2. The van der Waals surface area contributed by atoms with Gasteiger partial charge < -0.3 is 19.7 Å². The molecule has 4 aromatic carbocycles. The maximum Gasteiger partial charge on any atom is 0.144 e. The molecular formula is C29H26N2O4. The van der Waals surface area contributed by atoms with Gasteiger partial charge in [0.2, 0.25) is 0 Å². The van der Waals surface area contributed by atoms with E-state index in [0.29, 0.717) is 53.6 Å². The number of benzene rings is 4. The Morgan fingerprint density at radius 1 is 0.543 bits per heavy atom. The second-order valence-electron chi connectivity index (χ2n) is 7.62. The van der Waals surface area contributed by atoms with Crippen LogP contribution in [0.1, 0.15) is 17.5 Å². The van der Waals surface area contributed by atoms with E-state index in [2.05, 4.69) is 9.98 Å². The van der Waals surface area contributed by atoms with E-state index in [9.17, 15) is 10.2 Å². The van der Waals surface area contributed by atoms with Crippen molar-refractivity contribution >= 4 is 23.8 Å². The first kappa shape index (κ1) is 23.6. The van der Waals surface area contributed by atoms with E-state index >= 15 is 0 Å². The molecule has 0 atom stereocenters. The zero-order valence-electron chi connectivity index (χ0n) is 19.1. The summed E-state index contributed by atoms with van der Waals surface area (Å²) in [5.41, 5.74) is 2.64. The van der Waals surface area contributed by atoms with Crippen LogP contribution in [0.2, 0.25) is 0 Å². The Hall–Kier alpha value is -4.58. The highest BCUT2D eigenvalue weighted by Gasteiger charge is 2.05. The van der Waals surface area contributed by atoms with E-state index in [1.54, 1.807) is 48.8 Å². The average Bonchev–Trinajstić information content (AvgIpc) is 2.89. The molecular weight excluding hydrogens is 440 g/mol. The van der Waals surface area contributed by atoms with Crippen LogP contribution in [0.3, 0.4) is 0 Å². The molecule has 0 aliphatic carbocycles. The Morgan fingerprint density at radius 3 is 1.40 bits per heavy atom. The maximum atomic E-state index is 9.92. The van der Waals surface area contributed by atoms with E-state index in [4.69, 9.17) is 9.47 Å². The molecule has 4 aromatic rings. The van der Waals surface area contributed by atoms with Crippen molar-refractivity contribution < 1.29 is 19.7 Å². The fourth-order valence-corrected chi connectivity index (χ4v) is 3.27. The third kappa shape index (κ3) is 6.71. The van der Waals surface area contributed by atoms with Gasteiger partial charge in [0.1, 0.15) is 34.4 Å². The smallest absolute Gasteiger partial charge is 0.144 e. The van der Waals surface area contributed by atoms with Crippen LogP contribution in [-0.4, -0.2) is 35.9 Å². The predicted molar refractivity (Wildman–Crippen MR) is 139 cm³/mol. The Labute approximate surface area is 204 Å². The summed E-state index contributed by atoms with van der Waals surface area (Å²) in [5.74, 6) is 1.67. The van der Waals surface area contributed by atoms with Crippen LogP contribution < -0.4 is 9.47 Å². The van der Waals surface area contributed by atoms with Crippen molar-refractivity contribution in [3.8, 4) is 23.0 Å². The third-order valence-corrected chi connectivity index (χ3v) is 5.09. The van der Waals surface area contributed by atoms with Crippen molar-refractivity contribution in [2.75, 3.05) is 13.2 Å². The number of aromatic hydroxyl groups is 2. The van der Waals surface area contributed by atoms with Gasteiger partial charge in [0.05, 0.1) is 13.2 Å². The molecule has 0 aliphatic rings. The highest BCUT2D eigenvalue weighted by Crippen LogP contribution is 2.29. The molecule has 6 heteroatoms. The summed E-state index contributed by atoms with van der Waals surface area (Å²) in [4.78, 5) is 8.94. The van der Waals surface area contributed by atoms with Crippen LogP contribution in [0.15, 0.2) is 107 Å². The SMILES string of the molecule is Oc1ccccc1C=Nc1ccccc1OCCCOc1ccccc1N=Cc1ccccc1O. The monoisotopic (exact) mass is 466 g/mol. The summed E-state index contributed by atoms with van der Waals surface area (Å²) < 4.78 is 11.9. The van der Waals surface area contributed by atoms with E-state index in [0.717, 1.165) is 0 Å². The first-order chi connectivity index (χ1) is 17.2. The first-order valence-electron chi connectivity index (χ1n) is 11.3. The summed E-state index contributed by atoms with van der Waals surface area (Å²) in [5, 5.41) is 19.8. The van der Waals surface area contributed by atoms with Crippen molar-refractivity contribution in [1.82, 2.24) is 0 Å². The van der Waals surface area contributed by atoms with Crippen LogP contribution in [0.4, 0.5) is 11.4 Å². The molecule has 35 heavy (non-hydrogen) atoms. The number of phenols is 2. The highest BCUT2D eigenvalue weighted by molar-refractivity contribution is 5.86. The topological polar surface area (TPSA) is 83.6 Å². The molecule has 6 nitrogen and oxygen atoms in total. The van der Waals surface area contributed by atoms with Gasteiger partial charge in [0, 0.05) is 30.0 Å². The quantitative estimate of drug-likeness (QED) is 0.208. The second-order valence-corrected chi connectivity index (χ2v) is 7.62. The minimum absolute atomic E-state index is 0.178. The van der Waals surface area contributed by atoms with Crippen molar-refractivity contribution in [3.63, 3.8) is 0 Å². The number of phenolic OH excluding ortho intramolecular Hbond substituents is 2. The van der Waals surface area contributed by atoms with E-state index in [1.807, 2.05) is 60.7 Å². The lowest BCUT2D eigenvalue weighted by atomic mass is 10.2. The maximum absolute atomic E-state index is 9.92. The Kier molecular flexibility index (Phi) is 8.11. The molecule has 0 bridgehead atoms. The lowest BCUT2D eigenvalue weighted by molar-refractivity contribution is 0.248. The Morgan fingerprint density at radius 2 is 0.943 bits per heavy atom. The fraction of sp³-hybridized carbons (Fsp3) is 0.103. The number of hydrogen-bond donors (Lipinski definition) is 2. The standard InChI is InChI=1S/C29H26N2O4/c32-26-14-5-1-10-22(26)20-30-24-12-3-7-16-28(24)34-18-9-19-35-29-17-8-4-13-25(29)31-21-23-11-2-6-15-27(23)33/h1-8,10-17,20-21,32-33H,9,18-19H2. The van der Waals surface area contributed by atoms with Crippen LogP contribution in [-0.2, 0) is 0 Å². The lowest BCUT2D eigenvalue weighted by Crippen LogP contribution is -2.05. The second kappa shape index (κ2) is 12.0. The normalized spacial score (nSPS) is 11.2. The molecule has 0 fully saturated rings. The van der Waals surface area contributed by atoms with Gasteiger partial charge in [-0.05, 0) is 48.5 Å². The third-order valence-electron chi connectivity index (χ3n) is 5.09. The molecule has 0 saturated carbocycles. The van der Waals surface area contributed by atoms with Gasteiger partial charge in [-0.1, -0.05) is 48.5 Å². The van der Waals surface area contributed by atoms with E-state index < -0.39 is 0 Å². The van der Waals surface area contributed by atoms with E-state index in [1.165, 1.54) is 0 Å². The average molecular weight is 467 g/mol. The van der Waals surface area contributed by atoms with Crippen LogP contribution in [0, 0.1) is 0 Å². The van der Waals surface area contributed by atoms with Crippen LogP contribution in [0.25, 0.3) is 0 Å². The van der Waals surface area contributed by atoms with Gasteiger partial charge >= 0.3 is 0 Å². The Balaban J connectivity index is 1.31. The number of rotatable bonds is 10. The van der Waals surface area contributed by atoms with Gasteiger partial charge in [0.15, 0.2) is 0 Å². The molecule has 0 heterocycles. The minimum atomic E-state index is 0.178. The van der Waals surface area contributed by atoms with Crippen molar-refractivity contribution in [2.45, 2.75) is 6.42 Å². The van der Waals surface area contributed by atoms with Gasteiger partial charge in [0.25, 0.3) is 0 Å². The van der Waals surface area contributed by atoms with Gasteiger partial charge in [-0.25, -0.2) is 0 Å². The molecule has 0 saturated heterocycles. The molecule has 0 unspecified atom stereocenters. The van der Waals surface area contributed by atoms with Crippen molar-refractivity contribution in [3.05, 3.63) is 108 Å². The first-order valence-corrected chi connectivity index (χ1v) is 11.3. The molecule has 4 rings (SSSR count). The number of hydrogen-bond acceptors (Lipinski definition) is 6. The molecule has 2 N–H and O–H groups in total. The molecule has 176 valence electrons. The molecule has 0 aromatic heterocycles. The van der Waals surface area contributed by atoms with Gasteiger partial charge in [-0.3, -0.25) is 9.98 Å². The van der Waals surface area contributed by atoms with Crippen LogP contribution in [0.5, 0.6) is 23.0 Å². The summed E-state index contributed by atoms with van der Waals surface area (Å²) in [6, 6.07) is 29.1. The van der Waals surface area contributed by atoms with Crippen molar-refractivity contribution in [2.24, 2.45) is 9.98 Å². The summed E-state index contributed by atoms with van der Waals surface area (Å²) in [6.07, 6.45) is 3.90. The zero-order valence-corrected chi connectivity index (χ0v) is 19.1. The fourth-order valence-electron chi connectivity index (χ4n) is 3.27. The minimum Gasteiger partial charge on any atom is -0.507 e. The summed E-state index contributed by atoms with van der Waals surface area (Å²) in [7, 11) is 0. The Bertz CT molecular complexity index is 1220. The van der Waals surface area contributed by atoms with Gasteiger partial charge in [-0.2, -0.15) is 0 Å². The molecule has 0 radical (unpaired) electrons. The van der Waals surface area contributed by atoms with Gasteiger partial charge in [-0.15, -0.1) is 0 Å². The molecule has 0 amide bonds. The van der Waals surface area contributed by atoms with E-state index in [-0.39, 0.29) is 11.5 Å². The zero-order chi connectivity index (χ0) is 24.3. The van der Waals surface area contributed by atoms with Crippen molar-refractivity contribution in [1.29, 1.82) is 0 Å². The lowest BCUT2D eigenvalue weighted by Gasteiger charge is -2.11. The number of ether oxygens (including phenoxy) is 2. The summed E-state index contributed by atoms with van der Waals surface area (Å²) in [6.45, 7) is 0.902.